The fourth-order valence-electron chi connectivity index (χ4n) is 1.49. The van der Waals surface area contributed by atoms with Crippen molar-refractivity contribution in [2.24, 2.45) is 0 Å². The molecule has 0 aromatic carbocycles. The number of hydrogen-bond donors (Lipinski definition) is 0. The van der Waals surface area contributed by atoms with Crippen LogP contribution in [-0.4, -0.2) is 25.2 Å². The average Bonchev–Trinajstić information content (AvgIpc) is 2.85. The zero-order valence-electron chi connectivity index (χ0n) is 9.29. The van der Waals surface area contributed by atoms with Crippen LogP contribution in [0, 0.1) is 0 Å². The van der Waals surface area contributed by atoms with Crippen molar-refractivity contribution >= 4 is 11.6 Å². The van der Waals surface area contributed by atoms with E-state index in [1.807, 2.05) is 0 Å². The van der Waals surface area contributed by atoms with Gasteiger partial charge in [-0.15, -0.1) is 11.6 Å². The van der Waals surface area contributed by atoms with Gasteiger partial charge in [0, 0.05) is 30.9 Å². The van der Waals surface area contributed by atoms with Crippen LogP contribution in [0.2, 0.25) is 0 Å². The second kappa shape index (κ2) is 5.63. The highest BCUT2D eigenvalue weighted by Crippen LogP contribution is 2.00. The summed E-state index contributed by atoms with van der Waals surface area (Å²) >= 11 is 5.60. The molecule has 17 heavy (non-hydrogen) atoms. The minimum Gasteiger partial charge on any atom is -0.289 e. The Bertz CT molecular complexity index is 521. The maximum atomic E-state index is 11.6. The Kier molecular flexibility index (Phi) is 3.93. The fourth-order valence-corrected chi connectivity index (χ4v) is 1.68. The molecule has 2 aromatic rings. The molecular formula is C11H13ClN4O. The number of aromatic nitrogens is 4. The lowest BCUT2D eigenvalue weighted by atomic mass is 10.3. The molecule has 0 unspecified atom stereocenters. The highest BCUT2D eigenvalue weighted by atomic mass is 35.5. The third-order valence-electron chi connectivity index (χ3n) is 2.38. The molecule has 0 aliphatic carbocycles. The summed E-state index contributed by atoms with van der Waals surface area (Å²) in [5.41, 5.74) is -0.0940. The van der Waals surface area contributed by atoms with Gasteiger partial charge < -0.3 is 0 Å². The van der Waals surface area contributed by atoms with Gasteiger partial charge in [0.05, 0.1) is 0 Å². The van der Waals surface area contributed by atoms with E-state index in [0.29, 0.717) is 18.2 Å². The number of nitrogens with zero attached hydrogens (tertiary/aromatic N) is 4. The van der Waals surface area contributed by atoms with E-state index in [-0.39, 0.29) is 5.56 Å². The quantitative estimate of drug-likeness (QED) is 0.598. The molecule has 0 atom stereocenters. The van der Waals surface area contributed by atoms with Crippen molar-refractivity contribution in [2.75, 3.05) is 5.88 Å². The highest BCUT2D eigenvalue weighted by molar-refractivity contribution is 6.17. The van der Waals surface area contributed by atoms with E-state index in [0.717, 1.165) is 12.8 Å². The van der Waals surface area contributed by atoms with E-state index in [4.69, 9.17) is 11.6 Å². The lowest BCUT2D eigenvalue weighted by Crippen LogP contribution is -2.23. The first-order chi connectivity index (χ1) is 8.31. The predicted octanol–water partition coefficient (Wildman–Crippen LogP) is 1.45. The van der Waals surface area contributed by atoms with E-state index in [9.17, 15) is 4.79 Å². The van der Waals surface area contributed by atoms with Crippen LogP contribution in [0.4, 0.5) is 0 Å². The minimum atomic E-state index is -0.0940. The first-order valence-corrected chi connectivity index (χ1v) is 5.97. The maximum absolute atomic E-state index is 11.6. The second-order valence-corrected chi connectivity index (χ2v) is 4.00. The maximum Gasteiger partial charge on any atom is 0.266 e. The van der Waals surface area contributed by atoms with Crippen LogP contribution in [0.15, 0.2) is 35.6 Å². The predicted molar refractivity (Wildman–Crippen MR) is 65.6 cm³/mol. The highest BCUT2D eigenvalue weighted by Gasteiger charge is 2.01. The summed E-state index contributed by atoms with van der Waals surface area (Å²) in [7, 11) is 0. The molecule has 2 rings (SSSR count). The van der Waals surface area contributed by atoms with Crippen LogP contribution in [0.3, 0.4) is 0 Å². The van der Waals surface area contributed by atoms with Gasteiger partial charge in [0.2, 0.25) is 0 Å². The van der Waals surface area contributed by atoms with Crippen molar-refractivity contribution in [1.29, 1.82) is 0 Å². The number of unbranched alkanes of at least 4 members (excludes halogenated alkanes) is 1. The van der Waals surface area contributed by atoms with E-state index in [1.165, 1.54) is 10.7 Å². The number of rotatable bonds is 5. The number of alkyl halides is 1. The van der Waals surface area contributed by atoms with Gasteiger partial charge in [-0.05, 0) is 18.9 Å². The smallest absolute Gasteiger partial charge is 0.266 e. The molecule has 2 heterocycles. The number of halogens is 1. The molecule has 0 saturated heterocycles. The third-order valence-corrected chi connectivity index (χ3v) is 2.64. The van der Waals surface area contributed by atoms with E-state index < -0.39 is 0 Å². The van der Waals surface area contributed by atoms with Crippen molar-refractivity contribution in [3.63, 3.8) is 0 Å². The van der Waals surface area contributed by atoms with Crippen molar-refractivity contribution in [3.8, 4) is 5.82 Å². The molecule has 5 nitrogen and oxygen atoms in total. The molecular weight excluding hydrogens is 240 g/mol. The van der Waals surface area contributed by atoms with Crippen LogP contribution in [0.5, 0.6) is 0 Å². The molecule has 6 heteroatoms. The SMILES string of the molecule is O=c1ccc(-n2ccnc2)nn1CCCCCl. The van der Waals surface area contributed by atoms with Gasteiger partial charge >= 0.3 is 0 Å². The van der Waals surface area contributed by atoms with Gasteiger partial charge in [-0.25, -0.2) is 9.67 Å². The normalized spacial score (nSPS) is 10.6. The molecule has 0 fully saturated rings. The Morgan fingerprint density at radius 1 is 1.29 bits per heavy atom. The van der Waals surface area contributed by atoms with Gasteiger partial charge in [-0.2, -0.15) is 5.10 Å². The summed E-state index contributed by atoms with van der Waals surface area (Å²) in [4.78, 5) is 15.5. The van der Waals surface area contributed by atoms with E-state index in [2.05, 4.69) is 10.1 Å². The molecule has 0 bridgehead atoms. The Morgan fingerprint density at radius 3 is 2.88 bits per heavy atom. The van der Waals surface area contributed by atoms with Crippen LogP contribution >= 0.6 is 11.6 Å². The summed E-state index contributed by atoms with van der Waals surface area (Å²) in [5, 5.41) is 4.27. The Balaban J connectivity index is 2.21. The molecule has 2 aromatic heterocycles. The molecule has 0 aliphatic heterocycles. The molecule has 0 radical (unpaired) electrons. The third kappa shape index (κ3) is 2.94. The summed E-state index contributed by atoms with van der Waals surface area (Å²) in [5.74, 6) is 1.30. The average molecular weight is 253 g/mol. The summed E-state index contributed by atoms with van der Waals surface area (Å²) in [6, 6.07) is 3.20. The van der Waals surface area contributed by atoms with Crippen LogP contribution < -0.4 is 5.56 Å². The number of hydrogen-bond acceptors (Lipinski definition) is 3. The Morgan fingerprint density at radius 2 is 2.18 bits per heavy atom. The molecule has 0 spiro atoms. The Hall–Kier alpha value is -1.62. The lowest BCUT2D eigenvalue weighted by Gasteiger charge is -2.06. The van der Waals surface area contributed by atoms with Crippen molar-refractivity contribution < 1.29 is 0 Å². The largest absolute Gasteiger partial charge is 0.289 e. The molecule has 0 amide bonds. The zero-order valence-corrected chi connectivity index (χ0v) is 10.0. The minimum absolute atomic E-state index is 0.0940. The monoisotopic (exact) mass is 252 g/mol. The van der Waals surface area contributed by atoms with Gasteiger partial charge in [0.1, 0.15) is 6.33 Å². The summed E-state index contributed by atoms with van der Waals surface area (Å²) in [6.45, 7) is 0.591. The molecule has 90 valence electrons. The van der Waals surface area contributed by atoms with Gasteiger partial charge in [-0.1, -0.05) is 0 Å². The van der Waals surface area contributed by atoms with E-state index >= 15 is 0 Å². The topological polar surface area (TPSA) is 52.7 Å². The molecule has 0 aliphatic rings. The van der Waals surface area contributed by atoms with Crippen molar-refractivity contribution in [3.05, 3.63) is 41.2 Å². The number of imidazole rings is 1. The Labute approximate surface area is 104 Å². The first kappa shape index (κ1) is 11.9. The van der Waals surface area contributed by atoms with Gasteiger partial charge in [0.15, 0.2) is 5.82 Å². The van der Waals surface area contributed by atoms with Crippen LogP contribution in [0.25, 0.3) is 5.82 Å². The second-order valence-electron chi connectivity index (χ2n) is 3.62. The number of aryl methyl sites for hydroxylation is 1. The van der Waals surface area contributed by atoms with Crippen molar-refractivity contribution in [2.45, 2.75) is 19.4 Å². The standard InChI is InChI=1S/C11H13ClN4O/c12-5-1-2-7-16-11(17)4-3-10(14-16)15-8-6-13-9-15/h3-4,6,8-9H,1-2,5,7H2. The fraction of sp³-hybridized carbons (Fsp3) is 0.364. The van der Waals surface area contributed by atoms with Gasteiger partial charge in [0.25, 0.3) is 5.56 Å². The summed E-state index contributed by atoms with van der Waals surface area (Å²) < 4.78 is 3.22. The molecule has 0 N–H and O–H groups in total. The van der Waals surface area contributed by atoms with Crippen molar-refractivity contribution in [1.82, 2.24) is 19.3 Å². The van der Waals surface area contributed by atoms with Crippen LogP contribution in [-0.2, 0) is 6.54 Å². The van der Waals surface area contributed by atoms with Crippen LogP contribution in [0.1, 0.15) is 12.8 Å². The summed E-state index contributed by atoms with van der Waals surface area (Å²) in [6.07, 6.45) is 6.84. The van der Waals surface area contributed by atoms with Gasteiger partial charge in [-0.3, -0.25) is 9.36 Å². The zero-order chi connectivity index (χ0) is 12.1. The lowest BCUT2D eigenvalue weighted by molar-refractivity contribution is 0.539. The molecule has 0 saturated carbocycles. The van der Waals surface area contributed by atoms with E-state index in [1.54, 1.807) is 29.4 Å². The first-order valence-electron chi connectivity index (χ1n) is 5.44.